The highest BCUT2D eigenvalue weighted by atomic mass is 19.3. The van der Waals surface area contributed by atoms with Gasteiger partial charge in [0.05, 0.1) is 18.8 Å². The number of hydrogen-bond acceptors (Lipinski definition) is 9. The minimum Gasteiger partial charge on any atom is -0.437 e. The topological polar surface area (TPSA) is 140 Å². The Hall–Kier alpha value is -4.82. The average molecular weight is 664 g/mol. The van der Waals surface area contributed by atoms with Crippen LogP contribution in [-0.2, 0) is 17.9 Å². The lowest BCUT2D eigenvalue weighted by atomic mass is 9.78. The van der Waals surface area contributed by atoms with Crippen molar-refractivity contribution in [2.24, 2.45) is 5.92 Å². The Morgan fingerprint density at radius 2 is 1.83 bits per heavy atom. The number of aromatic nitrogens is 4. The number of nitrogens with zero attached hydrogens (tertiary/aromatic N) is 6. The van der Waals surface area contributed by atoms with Gasteiger partial charge < -0.3 is 20.5 Å². The number of carbonyl (C=O) groups excluding carboxylic acids is 1. The maximum Gasteiger partial charge on any atom is 0.295 e. The van der Waals surface area contributed by atoms with Crippen molar-refractivity contribution in [3.63, 3.8) is 0 Å². The van der Waals surface area contributed by atoms with Gasteiger partial charge >= 0.3 is 0 Å². The first-order chi connectivity index (χ1) is 22.9. The van der Waals surface area contributed by atoms with E-state index < -0.39 is 59.9 Å². The van der Waals surface area contributed by atoms with Gasteiger partial charge in [-0.25, -0.2) is 28.1 Å². The van der Waals surface area contributed by atoms with Crippen LogP contribution in [0.25, 0.3) is 0 Å². The second-order valence-corrected chi connectivity index (χ2v) is 12.4. The van der Waals surface area contributed by atoms with Gasteiger partial charge in [0.15, 0.2) is 5.69 Å². The molecule has 2 aromatic carbocycles. The van der Waals surface area contributed by atoms with Crippen molar-refractivity contribution in [3.05, 3.63) is 106 Å². The van der Waals surface area contributed by atoms with Crippen LogP contribution in [0.3, 0.4) is 0 Å². The largest absolute Gasteiger partial charge is 0.437 e. The van der Waals surface area contributed by atoms with E-state index in [9.17, 15) is 19.1 Å². The molecule has 252 valence electrons. The predicted molar refractivity (Wildman–Crippen MR) is 170 cm³/mol. The van der Waals surface area contributed by atoms with E-state index in [1.165, 1.54) is 12.1 Å². The van der Waals surface area contributed by atoms with Crippen LogP contribution in [0.1, 0.15) is 35.8 Å². The van der Waals surface area contributed by atoms with E-state index in [2.05, 4.69) is 19.9 Å². The van der Waals surface area contributed by atoms with Crippen molar-refractivity contribution in [2.75, 3.05) is 31.9 Å². The number of likely N-dealkylation sites (tertiary alicyclic amines) is 2. The summed E-state index contributed by atoms with van der Waals surface area (Å²) in [4.78, 5) is 42.9. The van der Waals surface area contributed by atoms with Crippen molar-refractivity contribution >= 4 is 11.6 Å². The van der Waals surface area contributed by atoms with Gasteiger partial charge in [0.2, 0.25) is 11.8 Å². The van der Waals surface area contributed by atoms with Crippen molar-refractivity contribution in [1.82, 2.24) is 29.3 Å². The molecule has 4 aromatic rings. The minimum atomic E-state index is -3.76. The fourth-order valence-electron chi connectivity index (χ4n) is 6.49. The number of benzene rings is 2. The quantitative estimate of drug-likeness (QED) is 0.289. The molecular formula is C34H36F3N7O4. The van der Waals surface area contributed by atoms with Crippen LogP contribution in [0.2, 0.25) is 0 Å². The molecule has 0 saturated carbocycles. The van der Waals surface area contributed by atoms with Crippen molar-refractivity contribution in [3.8, 4) is 11.6 Å². The average Bonchev–Trinajstić information content (AvgIpc) is 3.07. The third-order valence-corrected chi connectivity index (χ3v) is 9.13. The van der Waals surface area contributed by atoms with E-state index in [-0.39, 0.29) is 24.1 Å². The van der Waals surface area contributed by atoms with Gasteiger partial charge in [-0.1, -0.05) is 30.3 Å². The highest BCUT2D eigenvalue weighted by molar-refractivity contribution is 5.80. The predicted octanol–water partition coefficient (Wildman–Crippen LogP) is 3.76. The number of halogens is 3. The van der Waals surface area contributed by atoms with Crippen LogP contribution in [0.5, 0.6) is 11.6 Å². The van der Waals surface area contributed by atoms with Crippen LogP contribution in [0, 0.1) is 18.7 Å². The number of aliphatic hydroxyl groups is 1. The fourth-order valence-corrected chi connectivity index (χ4v) is 6.49. The lowest BCUT2D eigenvalue weighted by Gasteiger charge is -2.46. The summed E-state index contributed by atoms with van der Waals surface area (Å²) in [5.41, 5.74) is 3.71. The number of carbonyl (C=O) groups is 1. The monoisotopic (exact) mass is 663 g/mol. The summed E-state index contributed by atoms with van der Waals surface area (Å²) in [6, 6.07) is 16.3. The molecule has 1 amide bonds. The molecule has 0 unspecified atom stereocenters. The Labute approximate surface area is 274 Å². The summed E-state index contributed by atoms with van der Waals surface area (Å²) in [7, 11) is 0. The van der Waals surface area contributed by atoms with Gasteiger partial charge in [-0.15, -0.1) is 0 Å². The zero-order valence-corrected chi connectivity index (χ0v) is 26.3. The van der Waals surface area contributed by atoms with E-state index in [1.807, 2.05) is 43.3 Å². The number of anilines is 1. The van der Waals surface area contributed by atoms with Gasteiger partial charge in [-0.2, -0.15) is 0 Å². The number of rotatable bonds is 8. The van der Waals surface area contributed by atoms with Crippen molar-refractivity contribution in [1.29, 1.82) is 0 Å². The highest BCUT2D eigenvalue weighted by Crippen LogP contribution is 2.41. The molecule has 6 rings (SSSR count). The fraction of sp³-hybridized carbons (Fsp3) is 0.382. The zero-order chi connectivity index (χ0) is 34.1. The van der Waals surface area contributed by atoms with E-state index in [0.717, 1.165) is 39.2 Å². The molecule has 0 spiro atoms. The van der Waals surface area contributed by atoms with Crippen molar-refractivity contribution in [2.45, 2.75) is 50.3 Å². The van der Waals surface area contributed by atoms with Crippen LogP contribution in [0.4, 0.5) is 18.9 Å². The molecule has 0 radical (unpaired) electrons. The maximum absolute atomic E-state index is 15.8. The Bertz CT molecular complexity index is 1830. The molecule has 2 aromatic heterocycles. The summed E-state index contributed by atoms with van der Waals surface area (Å²) in [6.07, 6.45) is 2.65. The van der Waals surface area contributed by atoms with Crippen LogP contribution >= 0.6 is 0 Å². The lowest BCUT2D eigenvalue weighted by molar-refractivity contribution is -0.223. The Kier molecular flexibility index (Phi) is 9.21. The van der Waals surface area contributed by atoms with Gasteiger partial charge in [0, 0.05) is 44.1 Å². The molecule has 0 aliphatic carbocycles. The molecule has 4 heterocycles. The Morgan fingerprint density at radius 1 is 1.08 bits per heavy atom. The third kappa shape index (κ3) is 6.90. The standard InChI is InChI=1S/C34H36F3N7O4/c1-22-39-14-11-25(41-22)17-42-15-12-27(28(18-42)23-5-3-2-4-6-23)31(45)43-16-13-33(47,34(36,37)20-43)19-44-21-40-30(29(38)32(44)46)48-26-9-7-24(35)8-10-26/h2-11,14,21,27-28,47H,12-13,15-20,38H2,1H3/t27-,28+,33+/m1/s1. The van der Waals surface area contributed by atoms with E-state index in [0.29, 0.717) is 31.9 Å². The normalized spacial score (nSPS) is 22.7. The number of piperidine rings is 2. The van der Waals surface area contributed by atoms with E-state index in [4.69, 9.17) is 10.5 Å². The number of ether oxygens (including phenoxy) is 1. The van der Waals surface area contributed by atoms with Crippen LogP contribution in [-0.4, -0.2) is 78.0 Å². The first-order valence-electron chi connectivity index (χ1n) is 15.7. The minimum absolute atomic E-state index is 0.129. The summed E-state index contributed by atoms with van der Waals surface area (Å²) in [5.74, 6) is -4.89. The molecule has 14 heteroatoms. The Morgan fingerprint density at radius 3 is 2.54 bits per heavy atom. The van der Waals surface area contributed by atoms with Gasteiger partial charge in [0.25, 0.3) is 11.5 Å². The van der Waals surface area contributed by atoms with Gasteiger partial charge in [-0.05, 0) is 55.8 Å². The maximum atomic E-state index is 15.8. The van der Waals surface area contributed by atoms with E-state index in [1.54, 1.807) is 6.20 Å². The number of amides is 1. The molecule has 2 fully saturated rings. The molecule has 3 N–H and O–H groups in total. The van der Waals surface area contributed by atoms with Gasteiger partial charge in [-0.3, -0.25) is 19.1 Å². The highest BCUT2D eigenvalue weighted by Gasteiger charge is 2.57. The Balaban J connectivity index is 1.15. The third-order valence-electron chi connectivity index (χ3n) is 9.13. The smallest absolute Gasteiger partial charge is 0.295 e. The first kappa shape index (κ1) is 33.1. The second-order valence-electron chi connectivity index (χ2n) is 12.4. The molecular weight excluding hydrogens is 627 g/mol. The number of aryl methyl sites for hydroxylation is 1. The summed E-state index contributed by atoms with van der Waals surface area (Å²) < 4.78 is 51.1. The van der Waals surface area contributed by atoms with Crippen LogP contribution in [0.15, 0.2) is 78.0 Å². The molecule has 2 aliphatic rings. The molecule has 0 bridgehead atoms. The number of nitrogen functional groups attached to an aromatic ring is 1. The lowest BCUT2D eigenvalue weighted by Crippen LogP contribution is -2.64. The number of alkyl halides is 2. The van der Waals surface area contributed by atoms with Gasteiger partial charge in [0.1, 0.15) is 29.3 Å². The molecule has 3 atom stereocenters. The summed E-state index contributed by atoms with van der Waals surface area (Å²) in [5, 5.41) is 11.2. The van der Waals surface area contributed by atoms with Crippen LogP contribution < -0.4 is 16.0 Å². The molecule has 2 aliphatic heterocycles. The summed E-state index contributed by atoms with van der Waals surface area (Å²) in [6.45, 7) is 1.57. The first-order valence-corrected chi connectivity index (χ1v) is 15.7. The molecule has 11 nitrogen and oxygen atoms in total. The SMILES string of the molecule is Cc1nccc(CN2CC[C@@H](C(=O)N3CC[C@](O)(Cn4cnc(Oc5ccc(F)cc5)c(N)c4=O)C(F)(F)C3)[C@H](c3ccccc3)C2)n1. The summed E-state index contributed by atoms with van der Waals surface area (Å²) >= 11 is 0. The second kappa shape index (κ2) is 13.4. The molecule has 2 saturated heterocycles. The zero-order valence-electron chi connectivity index (χ0n) is 26.3. The molecule has 48 heavy (non-hydrogen) atoms. The number of nitrogens with two attached hydrogens (primary N) is 1. The van der Waals surface area contributed by atoms with Crippen molar-refractivity contribution < 1.29 is 27.8 Å². The number of hydrogen-bond donors (Lipinski definition) is 2. The van der Waals surface area contributed by atoms with E-state index >= 15 is 8.78 Å².